The molecule has 0 bridgehead atoms. The first kappa shape index (κ1) is 26.4. The number of sulfonamides is 1. The lowest BCUT2D eigenvalue weighted by atomic mass is 10.0. The van der Waals surface area contributed by atoms with Crippen molar-refractivity contribution < 1.29 is 13.2 Å². The number of hydrogen-bond donors (Lipinski definition) is 1. The summed E-state index contributed by atoms with van der Waals surface area (Å²) < 4.78 is 35.7. The molecule has 35 heavy (non-hydrogen) atoms. The number of nitrogens with one attached hydrogen (secondary N) is 1. The van der Waals surface area contributed by atoms with Gasteiger partial charge in [0.15, 0.2) is 0 Å². The van der Waals surface area contributed by atoms with Crippen molar-refractivity contribution >= 4 is 44.6 Å². The molecule has 3 aromatic rings. The molecule has 0 saturated carbocycles. The number of hydrogen-bond acceptors (Lipinski definition) is 6. The van der Waals surface area contributed by atoms with Crippen LogP contribution in [0.15, 0.2) is 58.9 Å². The minimum absolute atomic E-state index is 0.0915. The van der Waals surface area contributed by atoms with E-state index in [9.17, 15) is 8.42 Å². The van der Waals surface area contributed by atoms with Crippen molar-refractivity contribution in [2.24, 2.45) is 5.92 Å². The van der Waals surface area contributed by atoms with Crippen LogP contribution >= 0.6 is 34.5 Å². The van der Waals surface area contributed by atoms with Crippen LogP contribution in [0.3, 0.4) is 0 Å². The van der Waals surface area contributed by atoms with Crippen LogP contribution in [0, 0.1) is 5.92 Å². The van der Waals surface area contributed by atoms with Crippen molar-refractivity contribution in [1.29, 1.82) is 0 Å². The Bertz CT molecular complexity index is 1230. The highest BCUT2D eigenvalue weighted by molar-refractivity contribution is 7.91. The van der Waals surface area contributed by atoms with Crippen molar-refractivity contribution in [2.45, 2.75) is 43.0 Å². The minimum atomic E-state index is -3.64. The van der Waals surface area contributed by atoms with E-state index in [-0.39, 0.29) is 18.1 Å². The Labute approximate surface area is 221 Å². The van der Waals surface area contributed by atoms with Crippen molar-refractivity contribution in [2.75, 3.05) is 19.6 Å². The first-order chi connectivity index (χ1) is 16.7. The molecule has 1 aliphatic rings. The molecule has 0 amide bonds. The van der Waals surface area contributed by atoms with Gasteiger partial charge in [0.2, 0.25) is 10.0 Å². The van der Waals surface area contributed by atoms with Crippen LogP contribution in [0.4, 0.5) is 0 Å². The van der Waals surface area contributed by atoms with Crippen molar-refractivity contribution in [3.63, 3.8) is 0 Å². The predicted octanol–water partition coefficient (Wildman–Crippen LogP) is 5.96. The largest absolute Gasteiger partial charge is 0.490 e. The second-order valence-electron chi connectivity index (χ2n) is 9.00. The Hall–Kier alpha value is -1.68. The molecule has 10 heteroatoms. The Kier molecular flexibility index (Phi) is 8.73. The molecule has 0 spiro atoms. The second kappa shape index (κ2) is 11.6. The first-order valence-electron chi connectivity index (χ1n) is 11.6. The average molecular weight is 555 g/mol. The molecule has 0 unspecified atom stereocenters. The van der Waals surface area contributed by atoms with Gasteiger partial charge in [-0.25, -0.2) is 13.1 Å². The minimum Gasteiger partial charge on any atom is -0.490 e. The van der Waals surface area contributed by atoms with Crippen LogP contribution in [0.1, 0.15) is 26.7 Å². The van der Waals surface area contributed by atoms with Gasteiger partial charge in [-0.3, -0.25) is 4.98 Å². The lowest BCUT2D eigenvalue weighted by Gasteiger charge is -2.35. The highest BCUT2D eigenvalue weighted by Gasteiger charge is 2.28. The number of thiophene rings is 1. The molecule has 1 atom stereocenters. The molecule has 2 aromatic heterocycles. The summed E-state index contributed by atoms with van der Waals surface area (Å²) in [5, 5.41) is 0.984. The number of rotatable bonds is 9. The summed E-state index contributed by atoms with van der Waals surface area (Å²) in [6, 6.07) is 14.2. The van der Waals surface area contributed by atoms with Crippen molar-refractivity contribution in [3.05, 3.63) is 64.8 Å². The molecule has 3 heterocycles. The highest BCUT2D eigenvalue weighted by Crippen LogP contribution is 2.30. The Morgan fingerprint density at radius 1 is 1.11 bits per heavy atom. The molecule has 6 nitrogen and oxygen atoms in total. The third-order valence-corrected chi connectivity index (χ3v) is 9.89. The Balaban J connectivity index is 1.34. The van der Waals surface area contributed by atoms with E-state index in [1.54, 1.807) is 24.4 Å². The highest BCUT2D eigenvalue weighted by atomic mass is 35.5. The number of likely N-dealkylation sites (tertiary alicyclic amines) is 1. The molecule has 4 rings (SSSR count). The van der Waals surface area contributed by atoms with E-state index in [0.29, 0.717) is 26.5 Å². The summed E-state index contributed by atoms with van der Waals surface area (Å²) in [6.07, 6.45) is 3.51. The Morgan fingerprint density at radius 3 is 2.54 bits per heavy atom. The maximum atomic E-state index is 13.2. The zero-order valence-electron chi connectivity index (χ0n) is 19.7. The van der Waals surface area contributed by atoms with Crippen LogP contribution in [0.2, 0.25) is 10.0 Å². The molecule has 1 saturated heterocycles. The number of ether oxygens (including phenoxy) is 1. The van der Waals surface area contributed by atoms with Crippen LogP contribution in [0.5, 0.6) is 5.75 Å². The van der Waals surface area contributed by atoms with E-state index in [4.69, 9.17) is 27.9 Å². The standard InChI is InChI=1S/C25H29Cl2N3O3S2/c1-17(2)23(29-35(31,32)25-9-8-24(34-25)22-5-3-4-12-28-22)16-30-13-10-18(11-14-30)33-19-6-7-20(26)21(27)15-19/h3-9,12,15,17-18,23,29H,10-11,13-14,16H2,1-2H3/t23-/m1/s1. The van der Waals surface area contributed by atoms with E-state index in [1.165, 1.54) is 11.3 Å². The normalized spacial score (nSPS) is 16.5. The van der Waals surface area contributed by atoms with Crippen molar-refractivity contribution in [3.8, 4) is 16.3 Å². The number of pyridine rings is 1. The molecule has 0 radical (unpaired) electrons. The molecule has 1 aromatic carbocycles. The smallest absolute Gasteiger partial charge is 0.250 e. The maximum absolute atomic E-state index is 13.2. The monoisotopic (exact) mass is 553 g/mol. The zero-order chi connectivity index (χ0) is 25.0. The van der Waals surface area contributed by atoms with Crippen LogP contribution in [-0.4, -0.2) is 50.1 Å². The maximum Gasteiger partial charge on any atom is 0.250 e. The lowest BCUT2D eigenvalue weighted by molar-refractivity contribution is 0.0929. The van der Waals surface area contributed by atoms with Crippen LogP contribution < -0.4 is 9.46 Å². The van der Waals surface area contributed by atoms with Gasteiger partial charge in [0.25, 0.3) is 0 Å². The van der Waals surface area contributed by atoms with E-state index in [0.717, 1.165) is 36.5 Å². The van der Waals surface area contributed by atoms with Gasteiger partial charge in [0, 0.05) is 37.9 Å². The topological polar surface area (TPSA) is 71.5 Å². The van der Waals surface area contributed by atoms with Gasteiger partial charge in [0.1, 0.15) is 16.1 Å². The first-order valence-corrected chi connectivity index (χ1v) is 14.6. The summed E-state index contributed by atoms with van der Waals surface area (Å²) in [7, 11) is -3.64. The fourth-order valence-electron chi connectivity index (χ4n) is 3.98. The molecule has 0 aliphatic carbocycles. The van der Waals surface area contributed by atoms with E-state index in [2.05, 4.69) is 14.6 Å². The summed E-state index contributed by atoms with van der Waals surface area (Å²) in [5.41, 5.74) is 0.769. The van der Waals surface area contributed by atoms with E-state index in [1.807, 2.05) is 44.2 Å². The number of nitrogens with zero attached hydrogens (tertiary/aromatic N) is 2. The van der Waals surface area contributed by atoms with Gasteiger partial charge in [-0.15, -0.1) is 11.3 Å². The third-order valence-electron chi connectivity index (χ3n) is 6.06. The molecule has 1 fully saturated rings. The van der Waals surface area contributed by atoms with Gasteiger partial charge in [0.05, 0.1) is 20.6 Å². The van der Waals surface area contributed by atoms with Gasteiger partial charge < -0.3 is 9.64 Å². The molecular formula is C25H29Cl2N3O3S2. The van der Waals surface area contributed by atoms with Gasteiger partial charge in [-0.1, -0.05) is 43.1 Å². The van der Waals surface area contributed by atoms with Gasteiger partial charge >= 0.3 is 0 Å². The predicted molar refractivity (Wildman–Crippen MR) is 143 cm³/mol. The van der Waals surface area contributed by atoms with Crippen LogP contribution in [-0.2, 0) is 10.0 Å². The number of aromatic nitrogens is 1. The fraction of sp³-hybridized carbons (Fsp3) is 0.400. The molecule has 1 aliphatic heterocycles. The van der Waals surface area contributed by atoms with Crippen LogP contribution in [0.25, 0.3) is 10.6 Å². The van der Waals surface area contributed by atoms with E-state index >= 15 is 0 Å². The van der Waals surface area contributed by atoms with E-state index < -0.39 is 10.0 Å². The third kappa shape index (κ3) is 6.96. The average Bonchev–Trinajstić information content (AvgIpc) is 3.34. The van der Waals surface area contributed by atoms with Gasteiger partial charge in [-0.05, 0) is 55.2 Å². The SMILES string of the molecule is CC(C)[C@@H](CN1CCC(Oc2ccc(Cl)c(Cl)c2)CC1)NS(=O)(=O)c1ccc(-c2ccccn2)s1. The summed E-state index contributed by atoms with van der Waals surface area (Å²) in [6.45, 7) is 6.40. The summed E-state index contributed by atoms with van der Waals surface area (Å²) in [5.74, 6) is 0.858. The lowest BCUT2D eigenvalue weighted by Crippen LogP contribution is -2.49. The van der Waals surface area contributed by atoms with Gasteiger partial charge in [-0.2, -0.15) is 0 Å². The fourth-order valence-corrected chi connectivity index (χ4v) is 6.95. The number of benzene rings is 1. The number of piperidine rings is 1. The summed E-state index contributed by atoms with van der Waals surface area (Å²) in [4.78, 5) is 7.45. The second-order valence-corrected chi connectivity index (χ2v) is 12.8. The molecule has 1 N–H and O–H groups in total. The Morgan fingerprint density at radius 2 is 1.89 bits per heavy atom. The van der Waals surface area contributed by atoms with Crippen molar-refractivity contribution in [1.82, 2.24) is 14.6 Å². The number of halogens is 2. The zero-order valence-corrected chi connectivity index (χ0v) is 22.8. The molecule has 188 valence electrons. The summed E-state index contributed by atoms with van der Waals surface area (Å²) >= 11 is 13.3. The quantitative estimate of drug-likeness (QED) is 0.353. The molecular weight excluding hydrogens is 525 g/mol.